The average Bonchev–Trinajstić information content (AvgIpc) is 2.93. The highest BCUT2D eigenvalue weighted by molar-refractivity contribution is 5.90. The molecule has 2 atom stereocenters. The van der Waals surface area contributed by atoms with Gasteiger partial charge in [0.1, 0.15) is 5.75 Å². The van der Waals surface area contributed by atoms with Gasteiger partial charge in [0.2, 0.25) is 5.91 Å². The summed E-state index contributed by atoms with van der Waals surface area (Å²) in [5, 5.41) is 9.27. The second-order valence-corrected chi connectivity index (χ2v) is 5.05. The molecule has 1 amide bonds. The molecular weight excluding hydrogens is 216 g/mol. The van der Waals surface area contributed by atoms with Crippen LogP contribution in [0.4, 0.5) is 0 Å². The predicted octanol–water partition coefficient (Wildman–Crippen LogP) is 0.697. The van der Waals surface area contributed by atoms with Crippen LogP contribution >= 0.6 is 0 Å². The number of nitrogens with zero attached hydrogens (tertiary/aromatic N) is 1. The van der Waals surface area contributed by atoms with Crippen molar-refractivity contribution in [2.24, 2.45) is 11.7 Å². The Morgan fingerprint density at radius 2 is 2.06 bits per heavy atom. The lowest BCUT2D eigenvalue weighted by molar-refractivity contribution is -0.120. The van der Waals surface area contributed by atoms with Crippen molar-refractivity contribution in [1.29, 1.82) is 0 Å². The molecule has 17 heavy (non-hydrogen) atoms. The van der Waals surface area contributed by atoms with Crippen LogP contribution in [0.1, 0.15) is 12.0 Å². The molecule has 0 heterocycles. The Balaban J connectivity index is 2.26. The lowest BCUT2D eigenvalue weighted by Crippen LogP contribution is -2.32. The van der Waals surface area contributed by atoms with Crippen molar-refractivity contribution in [2.45, 2.75) is 11.8 Å². The maximum absolute atomic E-state index is 11.7. The summed E-state index contributed by atoms with van der Waals surface area (Å²) >= 11 is 0. The Kier molecular flexibility index (Phi) is 2.83. The van der Waals surface area contributed by atoms with E-state index in [1.54, 1.807) is 24.3 Å². The summed E-state index contributed by atoms with van der Waals surface area (Å²) in [5.74, 6) is 0.216. The number of carbonyl (C=O) groups is 1. The van der Waals surface area contributed by atoms with Crippen molar-refractivity contribution >= 4 is 5.91 Å². The molecule has 1 saturated carbocycles. The molecule has 0 radical (unpaired) electrons. The number of hydrogen-bond acceptors (Lipinski definition) is 3. The molecule has 3 N–H and O–H groups in total. The fourth-order valence-corrected chi connectivity index (χ4v) is 2.55. The van der Waals surface area contributed by atoms with Crippen molar-refractivity contribution < 1.29 is 9.90 Å². The summed E-state index contributed by atoms with van der Waals surface area (Å²) in [4.78, 5) is 13.8. The van der Waals surface area contributed by atoms with E-state index in [9.17, 15) is 9.90 Å². The van der Waals surface area contributed by atoms with Gasteiger partial charge in [0.25, 0.3) is 0 Å². The van der Waals surface area contributed by atoms with Crippen molar-refractivity contribution in [3.63, 3.8) is 0 Å². The molecule has 1 fully saturated rings. The highest BCUT2D eigenvalue weighted by atomic mass is 16.3. The van der Waals surface area contributed by atoms with E-state index in [-0.39, 0.29) is 17.6 Å². The SMILES string of the molecule is CN(C)CC1CC1(C(N)=O)c1ccc(O)cc1. The minimum atomic E-state index is -0.530. The van der Waals surface area contributed by atoms with Gasteiger partial charge in [-0.2, -0.15) is 0 Å². The van der Waals surface area contributed by atoms with Crippen LogP contribution in [-0.4, -0.2) is 36.6 Å². The molecule has 2 rings (SSSR count). The van der Waals surface area contributed by atoms with Crippen LogP contribution in [-0.2, 0) is 10.2 Å². The quantitative estimate of drug-likeness (QED) is 0.805. The van der Waals surface area contributed by atoms with E-state index >= 15 is 0 Å². The number of nitrogens with two attached hydrogens (primary N) is 1. The number of hydrogen-bond donors (Lipinski definition) is 2. The fraction of sp³-hybridized carbons (Fsp3) is 0.462. The Bertz CT molecular complexity index is 428. The third-order valence-corrected chi connectivity index (χ3v) is 3.51. The molecule has 0 saturated heterocycles. The molecule has 0 spiro atoms. The number of phenols is 1. The Labute approximate surface area is 101 Å². The summed E-state index contributed by atoms with van der Waals surface area (Å²) in [6, 6.07) is 6.78. The molecule has 4 heteroatoms. The van der Waals surface area contributed by atoms with Gasteiger partial charge in [-0.05, 0) is 44.1 Å². The van der Waals surface area contributed by atoms with Crippen LogP contribution in [0.2, 0.25) is 0 Å². The molecule has 4 nitrogen and oxygen atoms in total. The molecule has 0 aliphatic heterocycles. The number of primary amides is 1. The monoisotopic (exact) mass is 234 g/mol. The molecule has 1 aliphatic carbocycles. The van der Waals surface area contributed by atoms with Gasteiger partial charge >= 0.3 is 0 Å². The minimum absolute atomic E-state index is 0.207. The second kappa shape index (κ2) is 4.04. The van der Waals surface area contributed by atoms with E-state index in [2.05, 4.69) is 4.90 Å². The molecular formula is C13H18N2O2. The van der Waals surface area contributed by atoms with Gasteiger partial charge < -0.3 is 15.7 Å². The molecule has 92 valence electrons. The predicted molar refractivity (Wildman–Crippen MR) is 65.6 cm³/mol. The Morgan fingerprint density at radius 3 is 2.53 bits per heavy atom. The fourth-order valence-electron chi connectivity index (χ4n) is 2.55. The van der Waals surface area contributed by atoms with Gasteiger partial charge in [-0.1, -0.05) is 12.1 Å². The number of carbonyl (C=O) groups excluding carboxylic acids is 1. The highest BCUT2D eigenvalue weighted by Gasteiger charge is 2.59. The first-order valence-electron chi connectivity index (χ1n) is 5.71. The largest absolute Gasteiger partial charge is 0.508 e. The Hall–Kier alpha value is -1.55. The first-order valence-corrected chi connectivity index (χ1v) is 5.71. The van der Waals surface area contributed by atoms with E-state index in [1.807, 2.05) is 14.1 Å². The van der Waals surface area contributed by atoms with Crippen LogP contribution < -0.4 is 5.73 Å². The normalized spacial score (nSPS) is 27.1. The third kappa shape index (κ3) is 2.00. The van der Waals surface area contributed by atoms with E-state index in [1.165, 1.54) is 0 Å². The van der Waals surface area contributed by atoms with Gasteiger partial charge in [0.05, 0.1) is 5.41 Å². The molecule has 1 aromatic rings. The van der Waals surface area contributed by atoms with Crippen molar-refractivity contribution in [2.75, 3.05) is 20.6 Å². The van der Waals surface area contributed by atoms with Gasteiger partial charge in [-0.15, -0.1) is 0 Å². The topological polar surface area (TPSA) is 66.6 Å². The van der Waals surface area contributed by atoms with Crippen LogP contribution in [0.5, 0.6) is 5.75 Å². The number of rotatable bonds is 4. The lowest BCUT2D eigenvalue weighted by Gasteiger charge is -2.16. The molecule has 0 aromatic heterocycles. The summed E-state index contributed by atoms with van der Waals surface area (Å²) in [7, 11) is 3.97. The van der Waals surface area contributed by atoms with E-state index in [0.717, 1.165) is 18.5 Å². The zero-order chi connectivity index (χ0) is 12.6. The van der Waals surface area contributed by atoms with Gasteiger partial charge in [-0.25, -0.2) is 0 Å². The molecule has 0 bridgehead atoms. The van der Waals surface area contributed by atoms with Gasteiger partial charge in [-0.3, -0.25) is 4.79 Å². The maximum atomic E-state index is 11.7. The minimum Gasteiger partial charge on any atom is -0.508 e. The van der Waals surface area contributed by atoms with E-state index < -0.39 is 5.41 Å². The van der Waals surface area contributed by atoms with Crippen LogP contribution in [0.15, 0.2) is 24.3 Å². The van der Waals surface area contributed by atoms with Crippen LogP contribution in [0.3, 0.4) is 0 Å². The first-order chi connectivity index (χ1) is 7.96. The average molecular weight is 234 g/mol. The summed E-state index contributed by atoms with van der Waals surface area (Å²) in [5.41, 5.74) is 5.93. The lowest BCUT2D eigenvalue weighted by atomic mass is 9.92. The Morgan fingerprint density at radius 1 is 1.47 bits per heavy atom. The van der Waals surface area contributed by atoms with Crippen LogP contribution in [0.25, 0.3) is 0 Å². The standard InChI is InChI=1S/C13H18N2O2/c1-15(2)8-10-7-13(10,12(14)17)9-3-5-11(16)6-4-9/h3-6,10,16H,7-8H2,1-2H3,(H2,14,17). The summed E-state index contributed by atoms with van der Waals surface area (Å²) in [6.45, 7) is 0.851. The number of aromatic hydroxyl groups is 1. The molecule has 1 aliphatic rings. The molecule has 2 unspecified atom stereocenters. The van der Waals surface area contributed by atoms with E-state index in [4.69, 9.17) is 5.73 Å². The smallest absolute Gasteiger partial charge is 0.228 e. The van der Waals surface area contributed by atoms with Crippen LogP contribution in [0, 0.1) is 5.92 Å². The highest BCUT2D eigenvalue weighted by Crippen LogP contribution is 2.54. The molecule has 1 aromatic carbocycles. The zero-order valence-corrected chi connectivity index (χ0v) is 10.2. The van der Waals surface area contributed by atoms with Gasteiger partial charge in [0, 0.05) is 6.54 Å². The third-order valence-electron chi connectivity index (χ3n) is 3.51. The van der Waals surface area contributed by atoms with Crippen molar-refractivity contribution in [1.82, 2.24) is 4.90 Å². The number of benzene rings is 1. The summed E-state index contributed by atoms with van der Waals surface area (Å²) < 4.78 is 0. The van der Waals surface area contributed by atoms with Gasteiger partial charge in [0.15, 0.2) is 0 Å². The maximum Gasteiger partial charge on any atom is 0.228 e. The number of amides is 1. The van der Waals surface area contributed by atoms with E-state index in [0.29, 0.717) is 0 Å². The van der Waals surface area contributed by atoms with Crippen molar-refractivity contribution in [3.05, 3.63) is 29.8 Å². The first kappa shape index (κ1) is 11.9. The number of phenolic OH excluding ortho intramolecular Hbond substituents is 1. The zero-order valence-electron chi connectivity index (χ0n) is 10.2. The summed E-state index contributed by atoms with van der Waals surface area (Å²) in [6.07, 6.45) is 0.797. The second-order valence-electron chi connectivity index (χ2n) is 5.05. The van der Waals surface area contributed by atoms with Crippen molar-refractivity contribution in [3.8, 4) is 5.75 Å².